The minimum atomic E-state index is -0.208. The van der Waals surface area contributed by atoms with Gasteiger partial charge in [0.05, 0.1) is 17.9 Å². The van der Waals surface area contributed by atoms with Crippen molar-refractivity contribution in [1.82, 2.24) is 4.90 Å². The van der Waals surface area contributed by atoms with Gasteiger partial charge >= 0.3 is 0 Å². The number of likely N-dealkylation sites (tertiary alicyclic amines) is 1. The molecule has 0 saturated carbocycles. The van der Waals surface area contributed by atoms with Gasteiger partial charge in [0.25, 0.3) is 0 Å². The zero-order valence-corrected chi connectivity index (χ0v) is 11.9. The molecule has 1 atom stereocenters. The fraction of sp³-hybridized carbons (Fsp3) is 0.467. The molecule has 5 heteroatoms. The van der Waals surface area contributed by atoms with E-state index in [2.05, 4.69) is 19.2 Å². The van der Waals surface area contributed by atoms with E-state index >= 15 is 0 Å². The summed E-state index contributed by atoms with van der Waals surface area (Å²) in [4.78, 5) is 25.5. The van der Waals surface area contributed by atoms with Crippen LogP contribution in [0.5, 0.6) is 0 Å². The van der Waals surface area contributed by atoms with E-state index < -0.39 is 0 Å². The summed E-state index contributed by atoms with van der Waals surface area (Å²) < 4.78 is 0. The number of carbonyl (C=O) groups excluding carboxylic acids is 2. The van der Waals surface area contributed by atoms with Crippen molar-refractivity contribution in [3.8, 4) is 0 Å². The number of hydrogen-bond acceptors (Lipinski definition) is 3. The summed E-state index contributed by atoms with van der Waals surface area (Å²) in [5, 5.41) is 2.74. The lowest BCUT2D eigenvalue weighted by Crippen LogP contribution is -2.34. The maximum Gasteiger partial charge on any atom is 0.244 e. The Balaban J connectivity index is 1.92. The van der Waals surface area contributed by atoms with Crippen LogP contribution in [0.4, 0.5) is 11.4 Å². The second kappa shape index (κ2) is 5.94. The summed E-state index contributed by atoms with van der Waals surface area (Å²) >= 11 is 0. The maximum absolute atomic E-state index is 12.0. The molecule has 1 fully saturated rings. The number of carbonyl (C=O) groups is 2. The Labute approximate surface area is 119 Å². The fourth-order valence-corrected chi connectivity index (χ4v) is 2.38. The molecule has 1 unspecified atom stereocenters. The number of hydrogen-bond donors (Lipinski definition) is 2. The van der Waals surface area contributed by atoms with Crippen molar-refractivity contribution in [3.63, 3.8) is 0 Å². The van der Waals surface area contributed by atoms with E-state index in [0.29, 0.717) is 36.2 Å². The predicted octanol–water partition coefficient (Wildman–Crippen LogP) is 1.71. The fourth-order valence-electron chi connectivity index (χ4n) is 2.38. The molecular weight excluding hydrogens is 254 g/mol. The van der Waals surface area contributed by atoms with Gasteiger partial charge in [-0.05, 0) is 24.0 Å². The van der Waals surface area contributed by atoms with E-state index in [0.717, 1.165) is 0 Å². The van der Waals surface area contributed by atoms with Crippen molar-refractivity contribution < 1.29 is 9.59 Å². The number of para-hydroxylation sites is 2. The van der Waals surface area contributed by atoms with E-state index in [1.807, 2.05) is 12.1 Å². The molecule has 1 aromatic rings. The molecule has 2 rings (SSSR count). The highest BCUT2D eigenvalue weighted by Crippen LogP contribution is 2.24. The van der Waals surface area contributed by atoms with Gasteiger partial charge in [-0.25, -0.2) is 0 Å². The van der Waals surface area contributed by atoms with E-state index in [-0.39, 0.29) is 18.4 Å². The molecule has 0 spiro atoms. The van der Waals surface area contributed by atoms with Gasteiger partial charge in [0, 0.05) is 13.0 Å². The first-order chi connectivity index (χ1) is 9.47. The number of anilines is 2. The molecule has 1 aliphatic heterocycles. The molecular formula is C15H21N3O2. The number of rotatable bonds is 4. The highest BCUT2D eigenvalue weighted by atomic mass is 16.2. The first-order valence-corrected chi connectivity index (χ1v) is 6.89. The number of nitrogens with one attached hydrogen (secondary N) is 1. The molecule has 0 aliphatic carbocycles. The molecule has 3 N–H and O–H groups in total. The maximum atomic E-state index is 12.0. The van der Waals surface area contributed by atoms with Crippen LogP contribution in [0.25, 0.3) is 0 Å². The second-order valence-electron chi connectivity index (χ2n) is 5.62. The van der Waals surface area contributed by atoms with Crippen molar-refractivity contribution in [3.05, 3.63) is 24.3 Å². The van der Waals surface area contributed by atoms with Crippen molar-refractivity contribution >= 4 is 23.2 Å². The van der Waals surface area contributed by atoms with Crippen LogP contribution in [-0.4, -0.2) is 29.8 Å². The highest BCUT2D eigenvalue weighted by molar-refractivity contribution is 5.97. The first kappa shape index (κ1) is 14.4. The normalized spacial score (nSPS) is 18.6. The highest BCUT2D eigenvalue weighted by Gasteiger charge is 2.32. The van der Waals surface area contributed by atoms with E-state index in [4.69, 9.17) is 5.73 Å². The van der Waals surface area contributed by atoms with Crippen LogP contribution >= 0.6 is 0 Å². The third kappa shape index (κ3) is 3.29. The van der Waals surface area contributed by atoms with Gasteiger partial charge in [-0.15, -0.1) is 0 Å². The van der Waals surface area contributed by atoms with Gasteiger partial charge in [-0.3, -0.25) is 9.59 Å². The quantitative estimate of drug-likeness (QED) is 0.821. The standard InChI is InChI=1S/C15H21N3O2/c1-10(2)11-7-15(20)18(8-11)9-14(19)17-13-6-4-3-5-12(13)16/h3-6,10-11H,7-9,16H2,1-2H3,(H,17,19). The van der Waals surface area contributed by atoms with Gasteiger partial charge in [0.15, 0.2) is 0 Å². The monoisotopic (exact) mass is 275 g/mol. The Hall–Kier alpha value is -2.04. The largest absolute Gasteiger partial charge is 0.397 e. The Morgan fingerprint density at radius 3 is 2.75 bits per heavy atom. The van der Waals surface area contributed by atoms with Crippen molar-refractivity contribution in [2.75, 3.05) is 24.1 Å². The molecule has 1 heterocycles. The van der Waals surface area contributed by atoms with Gasteiger partial charge in [-0.1, -0.05) is 26.0 Å². The zero-order chi connectivity index (χ0) is 14.7. The SMILES string of the molecule is CC(C)C1CC(=O)N(CC(=O)Nc2ccccc2N)C1. The van der Waals surface area contributed by atoms with Crippen LogP contribution in [0, 0.1) is 11.8 Å². The topological polar surface area (TPSA) is 75.4 Å². The molecule has 20 heavy (non-hydrogen) atoms. The molecule has 0 bridgehead atoms. The Bertz CT molecular complexity index is 514. The van der Waals surface area contributed by atoms with E-state index in [1.165, 1.54) is 0 Å². The molecule has 1 saturated heterocycles. The molecule has 108 valence electrons. The number of amides is 2. The van der Waals surface area contributed by atoms with E-state index in [1.54, 1.807) is 17.0 Å². The molecule has 0 aromatic heterocycles. The van der Waals surface area contributed by atoms with Crippen LogP contribution in [-0.2, 0) is 9.59 Å². The van der Waals surface area contributed by atoms with Crippen molar-refractivity contribution in [2.45, 2.75) is 20.3 Å². The summed E-state index contributed by atoms with van der Waals surface area (Å²) in [5.74, 6) is 0.648. The van der Waals surface area contributed by atoms with Crippen LogP contribution in [0.3, 0.4) is 0 Å². The average Bonchev–Trinajstić information content (AvgIpc) is 2.74. The van der Waals surface area contributed by atoms with Gasteiger partial charge in [-0.2, -0.15) is 0 Å². The second-order valence-corrected chi connectivity index (χ2v) is 5.62. The summed E-state index contributed by atoms with van der Waals surface area (Å²) in [5.41, 5.74) is 6.88. The third-order valence-electron chi connectivity index (χ3n) is 3.76. The summed E-state index contributed by atoms with van der Waals surface area (Å²) in [7, 11) is 0. The van der Waals surface area contributed by atoms with Gasteiger partial charge in [0.2, 0.25) is 11.8 Å². The van der Waals surface area contributed by atoms with Gasteiger partial charge in [0.1, 0.15) is 0 Å². The number of nitrogens with zero attached hydrogens (tertiary/aromatic N) is 1. The zero-order valence-electron chi connectivity index (χ0n) is 11.9. The summed E-state index contributed by atoms with van der Waals surface area (Å²) in [6, 6.07) is 7.09. The Kier molecular flexibility index (Phi) is 4.27. The minimum Gasteiger partial charge on any atom is -0.397 e. The molecule has 0 radical (unpaired) electrons. The lowest BCUT2D eigenvalue weighted by molar-refractivity contribution is -0.131. The average molecular weight is 275 g/mol. The number of nitrogen functional groups attached to an aromatic ring is 1. The minimum absolute atomic E-state index is 0.0554. The van der Waals surface area contributed by atoms with Crippen molar-refractivity contribution in [2.24, 2.45) is 11.8 Å². The molecule has 1 aromatic carbocycles. The number of benzene rings is 1. The number of nitrogens with two attached hydrogens (primary N) is 1. The third-order valence-corrected chi connectivity index (χ3v) is 3.76. The predicted molar refractivity (Wildman–Crippen MR) is 79.0 cm³/mol. The smallest absolute Gasteiger partial charge is 0.244 e. The summed E-state index contributed by atoms with van der Waals surface area (Å²) in [6.07, 6.45) is 0.540. The van der Waals surface area contributed by atoms with Crippen molar-refractivity contribution in [1.29, 1.82) is 0 Å². The Morgan fingerprint density at radius 2 is 2.15 bits per heavy atom. The van der Waals surface area contributed by atoms with Crippen LogP contribution in [0.2, 0.25) is 0 Å². The Morgan fingerprint density at radius 1 is 1.45 bits per heavy atom. The van der Waals surface area contributed by atoms with Crippen LogP contribution < -0.4 is 11.1 Å². The van der Waals surface area contributed by atoms with E-state index in [9.17, 15) is 9.59 Å². The summed E-state index contributed by atoms with van der Waals surface area (Å²) in [6.45, 7) is 4.96. The lowest BCUT2D eigenvalue weighted by atomic mass is 9.95. The molecule has 1 aliphatic rings. The van der Waals surface area contributed by atoms with Crippen LogP contribution in [0.1, 0.15) is 20.3 Å². The van der Waals surface area contributed by atoms with Gasteiger partial charge < -0.3 is 16.0 Å². The van der Waals surface area contributed by atoms with Crippen LogP contribution in [0.15, 0.2) is 24.3 Å². The molecule has 2 amide bonds. The molecule has 5 nitrogen and oxygen atoms in total. The first-order valence-electron chi connectivity index (χ1n) is 6.89. The lowest BCUT2D eigenvalue weighted by Gasteiger charge is -2.18.